The Labute approximate surface area is 96.2 Å². The van der Waals surface area contributed by atoms with Crippen LogP contribution in [0.2, 0.25) is 5.02 Å². The zero-order valence-electron chi connectivity index (χ0n) is 9.26. The van der Waals surface area contributed by atoms with E-state index >= 15 is 0 Å². The van der Waals surface area contributed by atoms with Gasteiger partial charge in [0.05, 0.1) is 5.54 Å². The van der Waals surface area contributed by atoms with Gasteiger partial charge >= 0.3 is 0 Å². The van der Waals surface area contributed by atoms with Crippen molar-refractivity contribution in [2.45, 2.75) is 12.5 Å². The highest BCUT2D eigenvalue weighted by molar-refractivity contribution is 6.31. The number of hydrogen-bond acceptors (Lipinski definition) is 2. The summed E-state index contributed by atoms with van der Waals surface area (Å²) in [6, 6.07) is 8.11. The first-order chi connectivity index (χ1) is 7.14. The Kier molecular flexibility index (Phi) is 3.01. The van der Waals surface area contributed by atoms with Crippen molar-refractivity contribution in [1.82, 2.24) is 10.2 Å². The number of likely N-dealkylation sites (N-methyl/N-ethyl adjacent to an activating group) is 1. The third kappa shape index (κ3) is 1.89. The highest BCUT2D eigenvalue weighted by Crippen LogP contribution is 2.32. The van der Waals surface area contributed by atoms with E-state index in [0.717, 1.165) is 24.7 Å². The summed E-state index contributed by atoms with van der Waals surface area (Å²) >= 11 is 6.26. The van der Waals surface area contributed by atoms with Crippen LogP contribution in [-0.2, 0) is 5.54 Å². The molecule has 2 nitrogen and oxygen atoms in total. The molecule has 1 fully saturated rings. The quantitative estimate of drug-likeness (QED) is 0.786. The van der Waals surface area contributed by atoms with E-state index < -0.39 is 0 Å². The van der Waals surface area contributed by atoms with Gasteiger partial charge in [-0.15, -0.1) is 0 Å². The molecule has 0 saturated carbocycles. The molecule has 1 aromatic rings. The van der Waals surface area contributed by atoms with Crippen LogP contribution in [0.15, 0.2) is 24.3 Å². The molecule has 2 rings (SSSR count). The zero-order valence-corrected chi connectivity index (χ0v) is 10.0. The van der Waals surface area contributed by atoms with E-state index in [-0.39, 0.29) is 5.54 Å². The average molecular weight is 225 g/mol. The van der Waals surface area contributed by atoms with Gasteiger partial charge in [-0.1, -0.05) is 29.8 Å². The molecule has 1 atom stereocenters. The SMILES string of the molecule is CN1CCNCC1(C)c1ccccc1Cl. The predicted octanol–water partition coefficient (Wildman–Crippen LogP) is 2.09. The lowest BCUT2D eigenvalue weighted by Gasteiger charge is -2.43. The van der Waals surface area contributed by atoms with E-state index in [1.807, 2.05) is 12.1 Å². The third-order valence-electron chi connectivity index (χ3n) is 3.39. The summed E-state index contributed by atoms with van der Waals surface area (Å²) in [5.41, 5.74) is 1.22. The standard InChI is InChI=1S/C12H17ClN2/c1-12(9-14-7-8-15(12)2)10-5-3-4-6-11(10)13/h3-6,14H,7-9H2,1-2H3. The minimum Gasteiger partial charge on any atom is -0.313 e. The molecule has 0 bridgehead atoms. The largest absolute Gasteiger partial charge is 0.313 e. The van der Waals surface area contributed by atoms with Crippen molar-refractivity contribution in [3.8, 4) is 0 Å². The summed E-state index contributed by atoms with van der Waals surface area (Å²) in [5, 5.41) is 4.29. The van der Waals surface area contributed by atoms with Crippen LogP contribution in [0.3, 0.4) is 0 Å². The molecule has 1 N–H and O–H groups in total. The zero-order chi connectivity index (χ0) is 10.9. The third-order valence-corrected chi connectivity index (χ3v) is 3.72. The molecule has 0 spiro atoms. The van der Waals surface area contributed by atoms with Crippen LogP contribution in [0.1, 0.15) is 12.5 Å². The molecule has 1 aliphatic heterocycles. The number of nitrogens with zero attached hydrogens (tertiary/aromatic N) is 1. The summed E-state index contributed by atoms with van der Waals surface area (Å²) in [7, 11) is 2.16. The molecule has 15 heavy (non-hydrogen) atoms. The molecule has 0 radical (unpaired) electrons. The number of rotatable bonds is 1. The van der Waals surface area contributed by atoms with Crippen LogP contribution in [0.4, 0.5) is 0 Å². The second-order valence-corrected chi connectivity index (χ2v) is 4.76. The molecular formula is C12H17ClN2. The van der Waals surface area contributed by atoms with Gasteiger partial charge in [-0.05, 0) is 25.6 Å². The predicted molar refractivity (Wildman–Crippen MR) is 64.3 cm³/mol. The normalized spacial score (nSPS) is 27.9. The molecule has 82 valence electrons. The summed E-state index contributed by atoms with van der Waals surface area (Å²) in [6.07, 6.45) is 0. The first-order valence-corrected chi connectivity index (χ1v) is 5.69. The van der Waals surface area contributed by atoms with Crippen LogP contribution < -0.4 is 5.32 Å². The van der Waals surface area contributed by atoms with E-state index in [1.54, 1.807) is 0 Å². The van der Waals surface area contributed by atoms with Crippen LogP contribution in [0.5, 0.6) is 0 Å². The van der Waals surface area contributed by atoms with E-state index in [9.17, 15) is 0 Å². The van der Waals surface area contributed by atoms with Crippen molar-refractivity contribution < 1.29 is 0 Å². The van der Waals surface area contributed by atoms with Crippen molar-refractivity contribution in [2.75, 3.05) is 26.7 Å². The Morgan fingerprint density at radius 1 is 1.40 bits per heavy atom. The smallest absolute Gasteiger partial charge is 0.0570 e. The fourth-order valence-electron chi connectivity index (χ4n) is 2.16. The van der Waals surface area contributed by atoms with E-state index in [0.29, 0.717) is 0 Å². The summed E-state index contributed by atoms with van der Waals surface area (Å²) < 4.78 is 0. The lowest BCUT2D eigenvalue weighted by molar-refractivity contribution is 0.104. The molecule has 1 unspecified atom stereocenters. The molecule has 1 aromatic carbocycles. The fourth-order valence-corrected chi connectivity index (χ4v) is 2.50. The Hall–Kier alpha value is -0.570. The first kappa shape index (κ1) is 10.9. The number of piperazine rings is 1. The van der Waals surface area contributed by atoms with Crippen LogP contribution >= 0.6 is 11.6 Å². The summed E-state index contributed by atoms with van der Waals surface area (Å²) in [6.45, 7) is 5.30. The number of benzene rings is 1. The number of halogens is 1. The average Bonchev–Trinajstić information content (AvgIpc) is 2.23. The Balaban J connectivity index is 2.39. The molecule has 1 heterocycles. The van der Waals surface area contributed by atoms with Gasteiger partial charge in [0.15, 0.2) is 0 Å². The monoisotopic (exact) mass is 224 g/mol. The molecule has 1 saturated heterocycles. The van der Waals surface area contributed by atoms with Crippen LogP contribution in [-0.4, -0.2) is 31.6 Å². The van der Waals surface area contributed by atoms with Crippen molar-refractivity contribution in [2.24, 2.45) is 0 Å². The van der Waals surface area contributed by atoms with Gasteiger partial charge < -0.3 is 5.32 Å². The van der Waals surface area contributed by atoms with Gasteiger partial charge in [-0.3, -0.25) is 4.90 Å². The van der Waals surface area contributed by atoms with Crippen molar-refractivity contribution >= 4 is 11.6 Å². The van der Waals surface area contributed by atoms with Gasteiger partial charge in [0.2, 0.25) is 0 Å². The maximum atomic E-state index is 6.26. The maximum Gasteiger partial charge on any atom is 0.0570 e. The van der Waals surface area contributed by atoms with Crippen LogP contribution in [0, 0.1) is 0 Å². The summed E-state index contributed by atoms with van der Waals surface area (Å²) in [4.78, 5) is 2.37. The van der Waals surface area contributed by atoms with Crippen LogP contribution in [0.25, 0.3) is 0 Å². The second-order valence-electron chi connectivity index (χ2n) is 4.35. The van der Waals surface area contributed by atoms with E-state index in [2.05, 4.69) is 36.3 Å². The van der Waals surface area contributed by atoms with E-state index in [1.165, 1.54) is 5.56 Å². The van der Waals surface area contributed by atoms with Gasteiger partial charge in [0.25, 0.3) is 0 Å². The van der Waals surface area contributed by atoms with Gasteiger partial charge in [-0.2, -0.15) is 0 Å². The second kappa shape index (κ2) is 4.12. The topological polar surface area (TPSA) is 15.3 Å². The molecular weight excluding hydrogens is 208 g/mol. The highest BCUT2D eigenvalue weighted by Gasteiger charge is 2.34. The van der Waals surface area contributed by atoms with Crippen molar-refractivity contribution in [3.63, 3.8) is 0 Å². The summed E-state index contributed by atoms with van der Waals surface area (Å²) in [5.74, 6) is 0. The minimum absolute atomic E-state index is 0.0105. The van der Waals surface area contributed by atoms with Gasteiger partial charge in [0.1, 0.15) is 0 Å². The Morgan fingerprint density at radius 3 is 2.80 bits per heavy atom. The number of nitrogens with one attached hydrogen (secondary N) is 1. The number of hydrogen-bond donors (Lipinski definition) is 1. The molecule has 0 amide bonds. The first-order valence-electron chi connectivity index (χ1n) is 5.31. The Morgan fingerprint density at radius 2 is 2.13 bits per heavy atom. The Bertz CT molecular complexity index is 353. The maximum absolute atomic E-state index is 6.26. The molecule has 3 heteroatoms. The minimum atomic E-state index is 0.0105. The van der Waals surface area contributed by atoms with Crippen molar-refractivity contribution in [1.29, 1.82) is 0 Å². The van der Waals surface area contributed by atoms with Gasteiger partial charge in [-0.25, -0.2) is 0 Å². The van der Waals surface area contributed by atoms with E-state index in [4.69, 9.17) is 11.6 Å². The van der Waals surface area contributed by atoms with Crippen molar-refractivity contribution in [3.05, 3.63) is 34.9 Å². The highest BCUT2D eigenvalue weighted by atomic mass is 35.5. The molecule has 0 aliphatic carbocycles. The van der Waals surface area contributed by atoms with Gasteiger partial charge in [0, 0.05) is 24.7 Å². The fraction of sp³-hybridized carbons (Fsp3) is 0.500. The molecule has 1 aliphatic rings. The molecule has 0 aromatic heterocycles. The lowest BCUT2D eigenvalue weighted by Crippen LogP contribution is -2.55. The lowest BCUT2D eigenvalue weighted by atomic mass is 9.89.